The van der Waals surface area contributed by atoms with Gasteiger partial charge in [-0.05, 0) is 31.2 Å². The van der Waals surface area contributed by atoms with Crippen LogP contribution in [0.15, 0.2) is 23.4 Å². The third-order valence-corrected chi connectivity index (χ3v) is 4.90. The average molecular weight is 334 g/mol. The van der Waals surface area contributed by atoms with Crippen molar-refractivity contribution in [2.24, 2.45) is 0 Å². The number of imide groups is 1. The van der Waals surface area contributed by atoms with E-state index in [-0.39, 0.29) is 30.4 Å². The molecule has 0 radical (unpaired) electrons. The summed E-state index contributed by atoms with van der Waals surface area (Å²) < 4.78 is 0. The number of piperidine rings is 1. The van der Waals surface area contributed by atoms with E-state index in [1.165, 1.54) is 16.7 Å². The van der Waals surface area contributed by atoms with Gasteiger partial charge in [0.2, 0.25) is 5.91 Å². The molecule has 0 aliphatic carbocycles. The fourth-order valence-electron chi connectivity index (χ4n) is 3.02. The Morgan fingerprint density at radius 1 is 1.35 bits per heavy atom. The fourth-order valence-corrected chi connectivity index (χ4v) is 3.56. The average Bonchev–Trinajstić information content (AvgIpc) is 2.93. The van der Waals surface area contributed by atoms with Crippen molar-refractivity contribution in [2.45, 2.75) is 23.9 Å². The zero-order valence-corrected chi connectivity index (χ0v) is 13.6. The molecule has 3 heterocycles. The van der Waals surface area contributed by atoms with Crippen LogP contribution in [0.4, 0.5) is 4.79 Å². The van der Waals surface area contributed by atoms with Gasteiger partial charge in [0.25, 0.3) is 5.91 Å². The van der Waals surface area contributed by atoms with Crippen molar-refractivity contribution in [1.82, 2.24) is 20.1 Å². The van der Waals surface area contributed by atoms with E-state index in [9.17, 15) is 14.4 Å². The van der Waals surface area contributed by atoms with Crippen molar-refractivity contribution in [2.75, 3.05) is 25.9 Å². The Bertz CT molecular complexity index is 627. The third kappa shape index (κ3) is 3.03. The molecule has 0 aromatic carbocycles. The van der Waals surface area contributed by atoms with Crippen molar-refractivity contribution in [1.29, 1.82) is 0 Å². The van der Waals surface area contributed by atoms with E-state index in [2.05, 4.69) is 10.3 Å². The Morgan fingerprint density at radius 2 is 2.09 bits per heavy atom. The highest BCUT2D eigenvalue weighted by atomic mass is 32.2. The molecule has 1 aromatic rings. The highest BCUT2D eigenvalue weighted by Crippen LogP contribution is 2.23. The number of urea groups is 1. The molecule has 7 nitrogen and oxygen atoms in total. The van der Waals surface area contributed by atoms with E-state index in [1.54, 1.807) is 23.2 Å². The molecule has 122 valence electrons. The summed E-state index contributed by atoms with van der Waals surface area (Å²) in [7, 11) is 0. The standard InChI is InChI=1S/C15H18N4O3S/c1-23-13-11(3-2-6-16-13)14(21)18-7-4-10(5-8-18)19-12(20)9-17-15(19)22/h2-3,6,10H,4-5,7-9H2,1H3,(H,17,22). The summed E-state index contributed by atoms with van der Waals surface area (Å²) in [6.45, 7) is 1.14. The van der Waals surface area contributed by atoms with Crippen molar-refractivity contribution in [3.8, 4) is 0 Å². The van der Waals surface area contributed by atoms with Gasteiger partial charge >= 0.3 is 6.03 Å². The minimum Gasteiger partial charge on any atom is -0.338 e. The van der Waals surface area contributed by atoms with E-state index < -0.39 is 0 Å². The number of amides is 4. The summed E-state index contributed by atoms with van der Waals surface area (Å²) in [5, 5.41) is 3.25. The van der Waals surface area contributed by atoms with E-state index >= 15 is 0 Å². The maximum atomic E-state index is 12.6. The third-order valence-electron chi connectivity index (χ3n) is 4.19. The zero-order chi connectivity index (χ0) is 16.4. The van der Waals surface area contributed by atoms with Crippen LogP contribution in [-0.2, 0) is 4.79 Å². The van der Waals surface area contributed by atoms with Crippen LogP contribution in [0.2, 0.25) is 0 Å². The topological polar surface area (TPSA) is 82.6 Å². The molecule has 2 saturated heterocycles. The van der Waals surface area contributed by atoms with E-state index in [4.69, 9.17) is 0 Å². The second-order valence-corrected chi connectivity index (χ2v) is 6.30. The molecule has 2 fully saturated rings. The number of carbonyl (C=O) groups excluding carboxylic acids is 3. The monoisotopic (exact) mass is 334 g/mol. The van der Waals surface area contributed by atoms with E-state index in [0.717, 1.165) is 0 Å². The SMILES string of the molecule is CSc1ncccc1C(=O)N1CCC(N2C(=O)CNC2=O)CC1. The van der Waals surface area contributed by atoms with Gasteiger partial charge in [0.15, 0.2) is 0 Å². The van der Waals surface area contributed by atoms with Gasteiger partial charge in [-0.3, -0.25) is 14.5 Å². The fraction of sp³-hybridized carbons (Fsp3) is 0.467. The molecule has 2 aliphatic heterocycles. The molecule has 3 rings (SSSR count). The summed E-state index contributed by atoms with van der Waals surface area (Å²) in [5.74, 6) is -0.227. The summed E-state index contributed by atoms with van der Waals surface area (Å²) in [6.07, 6.45) is 4.79. The first-order chi connectivity index (χ1) is 11.1. The molecule has 0 saturated carbocycles. The minimum atomic E-state index is -0.322. The van der Waals surface area contributed by atoms with Crippen LogP contribution >= 0.6 is 11.8 Å². The second kappa shape index (κ2) is 6.57. The zero-order valence-electron chi connectivity index (χ0n) is 12.8. The summed E-state index contributed by atoms with van der Waals surface area (Å²) in [6, 6.07) is 3.09. The Balaban J connectivity index is 1.66. The first-order valence-corrected chi connectivity index (χ1v) is 8.72. The van der Waals surface area contributed by atoms with Crippen molar-refractivity contribution in [3.05, 3.63) is 23.9 Å². The minimum absolute atomic E-state index is 0.0434. The lowest BCUT2D eigenvalue weighted by Gasteiger charge is -2.35. The lowest BCUT2D eigenvalue weighted by molar-refractivity contribution is -0.127. The van der Waals surface area contributed by atoms with Crippen LogP contribution in [0, 0.1) is 0 Å². The van der Waals surface area contributed by atoms with Gasteiger partial charge in [-0.2, -0.15) is 0 Å². The van der Waals surface area contributed by atoms with Crippen LogP contribution in [0.5, 0.6) is 0 Å². The predicted molar refractivity (Wildman–Crippen MR) is 85.2 cm³/mol. The molecule has 0 bridgehead atoms. The van der Waals surface area contributed by atoms with Gasteiger partial charge in [0.1, 0.15) is 5.03 Å². The van der Waals surface area contributed by atoms with Gasteiger partial charge in [0.05, 0.1) is 12.1 Å². The highest BCUT2D eigenvalue weighted by molar-refractivity contribution is 7.98. The number of aromatic nitrogens is 1. The number of hydrogen-bond donors (Lipinski definition) is 1. The number of thioether (sulfide) groups is 1. The highest BCUT2D eigenvalue weighted by Gasteiger charge is 2.37. The molecule has 0 spiro atoms. The first-order valence-electron chi connectivity index (χ1n) is 7.50. The summed E-state index contributed by atoms with van der Waals surface area (Å²) in [5.41, 5.74) is 0.605. The molecular formula is C15H18N4O3S. The normalized spacial score (nSPS) is 19.2. The van der Waals surface area contributed by atoms with E-state index in [1.807, 2.05) is 6.26 Å². The van der Waals surface area contributed by atoms with Crippen LogP contribution in [0.25, 0.3) is 0 Å². The Kier molecular flexibility index (Phi) is 4.51. The quantitative estimate of drug-likeness (QED) is 0.658. The van der Waals surface area contributed by atoms with Gasteiger partial charge in [0, 0.05) is 25.3 Å². The number of hydrogen-bond acceptors (Lipinski definition) is 5. The lowest BCUT2D eigenvalue weighted by Crippen LogP contribution is -2.49. The van der Waals surface area contributed by atoms with Crippen LogP contribution in [-0.4, -0.2) is 64.6 Å². The number of likely N-dealkylation sites (tertiary alicyclic amines) is 1. The van der Waals surface area contributed by atoms with Crippen molar-refractivity contribution < 1.29 is 14.4 Å². The Morgan fingerprint density at radius 3 is 2.70 bits per heavy atom. The lowest BCUT2D eigenvalue weighted by atomic mass is 10.0. The number of pyridine rings is 1. The Labute approximate surface area is 138 Å². The molecule has 2 aliphatic rings. The summed E-state index contributed by atoms with van der Waals surface area (Å²) >= 11 is 1.44. The molecular weight excluding hydrogens is 316 g/mol. The maximum Gasteiger partial charge on any atom is 0.324 e. The summed E-state index contributed by atoms with van der Waals surface area (Å²) in [4.78, 5) is 43.4. The number of nitrogens with zero attached hydrogens (tertiary/aromatic N) is 3. The first kappa shape index (κ1) is 15.8. The number of nitrogens with one attached hydrogen (secondary N) is 1. The smallest absolute Gasteiger partial charge is 0.324 e. The van der Waals surface area contributed by atoms with Crippen LogP contribution in [0.3, 0.4) is 0 Å². The predicted octanol–water partition coefficient (Wildman–Crippen LogP) is 0.960. The Hall–Kier alpha value is -2.09. The molecule has 0 atom stereocenters. The molecule has 4 amide bonds. The number of carbonyl (C=O) groups is 3. The molecule has 1 N–H and O–H groups in total. The largest absolute Gasteiger partial charge is 0.338 e. The van der Waals surface area contributed by atoms with Gasteiger partial charge in [-0.15, -0.1) is 11.8 Å². The molecule has 23 heavy (non-hydrogen) atoms. The van der Waals surface area contributed by atoms with Crippen LogP contribution < -0.4 is 5.32 Å². The maximum absolute atomic E-state index is 12.6. The second-order valence-electron chi connectivity index (χ2n) is 5.51. The van der Waals surface area contributed by atoms with Crippen molar-refractivity contribution in [3.63, 3.8) is 0 Å². The van der Waals surface area contributed by atoms with Gasteiger partial charge in [-0.1, -0.05) is 0 Å². The van der Waals surface area contributed by atoms with Crippen LogP contribution in [0.1, 0.15) is 23.2 Å². The molecule has 0 unspecified atom stereocenters. The van der Waals surface area contributed by atoms with Gasteiger partial charge < -0.3 is 10.2 Å². The van der Waals surface area contributed by atoms with Crippen molar-refractivity contribution >= 4 is 29.6 Å². The molecule has 8 heteroatoms. The van der Waals surface area contributed by atoms with Gasteiger partial charge in [-0.25, -0.2) is 9.78 Å². The number of rotatable bonds is 3. The molecule has 1 aromatic heterocycles. The van der Waals surface area contributed by atoms with E-state index in [0.29, 0.717) is 36.5 Å².